The highest BCUT2D eigenvalue weighted by atomic mass is 16.5. The van der Waals surface area contributed by atoms with Gasteiger partial charge < -0.3 is 53.5 Å². The smallest absolute Gasteiger partial charge is 0.303 e. The van der Waals surface area contributed by atoms with Gasteiger partial charge in [0.15, 0.2) is 5.78 Å². The highest BCUT2D eigenvalue weighted by Gasteiger charge is 2.70. The predicted molar refractivity (Wildman–Crippen MR) is 438 cm³/mol. The number of amides is 6. The first kappa shape index (κ1) is 85.5. The largest absolute Gasteiger partial charge is 0.496 e. The van der Waals surface area contributed by atoms with Gasteiger partial charge in [-0.05, 0) is 192 Å². The van der Waals surface area contributed by atoms with Gasteiger partial charge in [0.25, 0.3) is 41.2 Å². The summed E-state index contributed by atoms with van der Waals surface area (Å²) >= 11 is 0. The molecule has 18 rings (SSSR count). The van der Waals surface area contributed by atoms with E-state index in [1.807, 2.05) is 48.8 Å². The number of hydrogen-bond donors (Lipinski definition) is 4. The first-order valence-electron chi connectivity index (χ1n) is 40.0. The molecular formula is C89H98N10O21. The molecule has 4 aromatic heterocycles. The van der Waals surface area contributed by atoms with Crippen LogP contribution in [-0.2, 0) is 60.7 Å². The van der Waals surface area contributed by atoms with Crippen molar-refractivity contribution in [3.05, 3.63) is 164 Å². The van der Waals surface area contributed by atoms with Gasteiger partial charge in [0, 0.05) is 124 Å². The summed E-state index contributed by atoms with van der Waals surface area (Å²) in [6.45, 7) is 1.68. The number of hydrogen-bond acceptors (Lipinski definition) is 24. The maximum atomic E-state index is 13.3. The molecule has 120 heavy (non-hydrogen) atoms. The number of piperidine rings is 1. The van der Waals surface area contributed by atoms with Gasteiger partial charge >= 0.3 is 5.97 Å². The van der Waals surface area contributed by atoms with Crippen LogP contribution in [0.5, 0.6) is 34.5 Å². The zero-order valence-corrected chi connectivity index (χ0v) is 68.4. The number of carboxylic acids is 1. The van der Waals surface area contributed by atoms with Crippen molar-refractivity contribution in [2.24, 2.45) is 25.2 Å². The Bertz CT molecular complexity index is 5510. The fourth-order valence-electron chi connectivity index (χ4n) is 18.7. The Balaban J connectivity index is 0.000000168. The quantitative estimate of drug-likeness (QED) is 0.0141. The fourth-order valence-corrected chi connectivity index (χ4v) is 18.7. The number of rotatable bonds is 30. The van der Waals surface area contributed by atoms with E-state index < -0.39 is 59.3 Å². The molecule has 8 fully saturated rings. The molecule has 630 valence electrons. The minimum Gasteiger partial charge on any atom is -0.496 e. The summed E-state index contributed by atoms with van der Waals surface area (Å²) in [7, 11) is 14.4. The maximum Gasteiger partial charge on any atom is 0.303 e. The number of aryl methyl sites for hydroxylation is 2. The number of nitrogens with two attached hydrogens (primary N) is 1. The number of fused-ring (bicyclic) bond motifs is 4. The van der Waals surface area contributed by atoms with E-state index in [2.05, 4.69) is 39.2 Å². The van der Waals surface area contributed by atoms with E-state index in [1.54, 1.807) is 101 Å². The number of pyridine rings is 4. The number of unbranched alkanes of at least 4 members (excludes halogenated alkanes) is 4. The van der Waals surface area contributed by atoms with Crippen molar-refractivity contribution in [2.75, 3.05) is 55.7 Å². The van der Waals surface area contributed by atoms with Crippen LogP contribution in [-0.4, -0.2) is 199 Å². The summed E-state index contributed by atoms with van der Waals surface area (Å²) in [4.78, 5) is 172. The van der Waals surface area contributed by atoms with Crippen LogP contribution < -0.4 is 50.6 Å². The molecule has 4 bridgehead atoms. The number of nitrogens with one attached hydrogen (secondary N) is 1. The van der Waals surface area contributed by atoms with Crippen LogP contribution in [0, 0.1) is 5.41 Å². The van der Waals surface area contributed by atoms with Crippen LogP contribution in [0.1, 0.15) is 181 Å². The van der Waals surface area contributed by atoms with Crippen LogP contribution in [0.15, 0.2) is 120 Å². The molecule has 6 amide bonds. The first-order chi connectivity index (χ1) is 57.5. The average molecular weight is 1640 g/mol. The summed E-state index contributed by atoms with van der Waals surface area (Å²) in [6.07, 6.45) is 21.8. The number of aliphatic carboxylic acids is 1. The van der Waals surface area contributed by atoms with Crippen molar-refractivity contribution in [1.82, 2.24) is 44.0 Å². The second-order valence-corrected chi connectivity index (χ2v) is 32.6. The van der Waals surface area contributed by atoms with E-state index in [0.29, 0.717) is 73.9 Å². The number of nitrogens with zero attached hydrogens (tertiary/aromatic N) is 8. The van der Waals surface area contributed by atoms with Crippen molar-refractivity contribution in [2.45, 2.75) is 170 Å². The molecule has 31 nitrogen and oxygen atoms in total. The molecule has 7 heterocycles. The third kappa shape index (κ3) is 16.8. The van der Waals surface area contributed by atoms with Gasteiger partial charge in [-0.3, -0.25) is 97.2 Å². The lowest BCUT2D eigenvalue weighted by atomic mass is 9.37. The predicted octanol–water partition coefficient (Wildman–Crippen LogP) is 9.35. The third-order valence-corrected chi connectivity index (χ3v) is 24.7. The van der Waals surface area contributed by atoms with Gasteiger partial charge in [-0.25, -0.2) is 0 Å². The van der Waals surface area contributed by atoms with Crippen molar-refractivity contribution in [3.8, 4) is 56.8 Å². The van der Waals surface area contributed by atoms with Crippen molar-refractivity contribution >= 4 is 86.8 Å². The minimum atomic E-state index is -1.04. The molecule has 10 aliphatic rings. The summed E-state index contributed by atoms with van der Waals surface area (Å²) < 4.78 is 38.2. The van der Waals surface area contributed by atoms with Crippen LogP contribution in [0.3, 0.4) is 0 Å². The molecule has 31 heteroatoms. The second-order valence-electron chi connectivity index (χ2n) is 32.6. The normalized spacial score (nSPS) is 21.5. The number of carboxylic acid groups (broad SMARTS) is 2. The summed E-state index contributed by atoms with van der Waals surface area (Å²) in [5.41, 5.74) is 12.7. The van der Waals surface area contributed by atoms with Gasteiger partial charge in [0.1, 0.15) is 52.1 Å². The first-order valence-corrected chi connectivity index (χ1v) is 40.0. The lowest BCUT2D eigenvalue weighted by Gasteiger charge is -2.74. The third-order valence-electron chi connectivity index (χ3n) is 24.7. The SMILES string of the molecule is COc1cc(-c2cn(C)c(=O)c3cnccc23)cc(OC)c1CN(C)C12CC(CC(=O)CCCCCOc3cccc4c3C(=O)N(C3CCC(=O)NC3=O)C4=O)(C1)C2.COc1cc(-c2cn(C)c(=O)c3cnccc23)cc(OC)c1CN(C)C12CC(N)(C1)C2.O=C(O)CCCCCOc1cccc2c1C(=O)N(C1CCC(=O)CC1=O)C2=O.O=CO. The van der Waals surface area contributed by atoms with Gasteiger partial charge in [-0.2, -0.15) is 0 Å². The van der Waals surface area contributed by atoms with E-state index in [9.17, 15) is 57.5 Å². The Hall–Kier alpha value is -12.4. The monoisotopic (exact) mass is 1640 g/mol. The number of imide groups is 3. The number of Topliss-reactive ketones (excluding diaryl/α,β-unsaturated/α-hetero) is 3. The van der Waals surface area contributed by atoms with Crippen molar-refractivity contribution in [1.29, 1.82) is 0 Å². The molecule has 3 aliphatic heterocycles. The molecular weight excluding hydrogens is 1550 g/mol. The van der Waals surface area contributed by atoms with Crippen LogP contribution in [0.25, 0.3) is 43.8 Å². The number of ether oxygens (including phenoxy) is 6. The lowest BCUT2D eigenvalue weighted by molar-refractivity contribution is -0.218. The molecule has 8 aromatic rings. The molecule has 0 radical (unpaired) electrons. The molecule has 7 aliphatic carbocycles. The Labute approximate surface area is 691 Å². The second kappa shape index (κ2) is 35.3. The van der Waals surface area contributed by atoms with Gasteiger partial charge in [-0.1, -0.05) is 12.1 Å². The molecule has 2 unspecified atom stereocenters. The standard InChI is InChI=1S/C44H47N5O9.C24H28N4O3.C20H21NO7.CH2O2/c1-47-21-31(28-14-15-45-20-30(28)40(47)53)26-17-35(56-3)32(36(18-26)57-4)22-48(2)44-23-43(24-44,25-44)19-27(50)9-6-5-7-16-58-34-11-8-10-29-38(34)42(55)49(41(29)54)33-12-13-37(51)46-39(33)52;1-27-10-18(16-5-6-26-9-17(16)22(27)29)15-7-20(30-3)19(21(8-15)31-4)11-28(2)24-12-23(25,13-24)14-24;22-12-8-9-14(15(23)11-12)21-19(26)13-5-4-6-16(18(13)20(21)27)28-10-3-1-2-7-17(24)25;2-1-3/h8,10-11,14-15,17-18,20-21,33H,5-7,9,12-13,16,19,22-25H2,1-4H3,(H,46,51,52);5-10H,11-14,25H2,1-4H3;4-6,14H,1-3,7-11H2,(H,24,25);1H,(H,2,3). The molecule has 7 saturated carbocycles. The number of methoxy groups -OCH3 is 4. The molecule has 2 atom stereocenters. The van der Waals surface area contributed by atoms with Gasteiger partial charge in [0.05, 0.1) is 98.3 Å². The Morgan fingerprint density at radius 3 is 1.42 bits per heavy atom. The van der Waals surface area contributed by atoms with Gasteiger partial charge in [-0.15, -0.1) is 0 Å². The Morgan fingerprint density at radius 1 is 0.558 bits per heavy atom. The highest BCUT2D eigenvalue weighted by Crippen LogP contribution is 2.72. The summed E-state index contributed by atoms with van der Waals surface area (Å²) in [5, 5.41) is 20.5. The highest BCUT2D eigenvalue weighted by molar-refractivity contribution is 6.26. The number of aromatic nitrogens is 4. The van der Waals surface area contributed by atoms with E-state index in [4.69, 9.17) is 49.2 Å². The Kier molecular flexibility index (Phi) is 25.2. The molecule has 5 N–H and O–H groups in total. The van der Waals surface area contributed by atoms with Crippen molar-refractivity contribution in [3.63, 3.8) is 0 Å². The topological polar surface area (TPSA) is 404 Å². The molecule has 0 spiro atoms. The van der Waals surface area contributed by atoms with E-state index in [1.165, 1.54) is 12.1 Å². The van der Waals surface area contributed by atoms with E-state index >= 15 is 0 Å². The van der Waals surface area contributed by atoms with Crippen LogP contribution in [0.4, 0.5) is 0 Å². The summed E-state index contributed by atoms with van der Waals surface area (Å²) in [5.74, 6) is -1.02. The number of carbonyl (C=O) groups excluding carboxylic acids is 9. The maximum absolute atomic E-state index is 13.3. The number of ketones is 3. The average Bonchev–Trinajstić information content (AvgIpc) is 1.02. The van der Waals surface area contributed by atoms with E-state index in [0.717, 1.165) is 123 Å². The minimum absolute atomic E-state index is 0.0374. The molecule has 4 aromatic carbocycles. The zero-order chi connectivity index (χ0) is 85.9. The zero-order valence-electron chi connectivity index (χ0n) is 68.4. The number of carbonyl (C=O) groups is 11. The lowest BCUT2D eigenvalue weighted by Crippen LogP contribution is -2.81. The molecule has 1 saturated heterocycles. The Morgan fingerprint density at radius 2 is 0.992 bits per heavy atom. The number of benzene rings is 4. The van der Waals surface area contributed by atoms with Gasteiger partial charge in [0.2, 0.25) is 11.8 Å². The van der Waals surface area contributed by atoms with Crippen molar-refractivity contribution < 1.29 is 91.4 Å². The summed E-state index contributed by atoms with van der Waals surface area (Å²) in [6, 6.07) is 19.4. The fraction of sp³-hybridized carbons (Fsp3) is 0.427. The van der Waals surface area contributed by atoms with Crippen LogP contribution >= 0.6 is 0 Å². The van der Waals surface area contributed by atoms with Crippen LogP contribution in [0.2, 0.25) is 0 Å². The van der Waals surface area contributed by atoms with E-state index in [-0.39, 0.29) is 130 Å².